The molecule has 8 nitrogen and oxygen atoms in total. The summed E-state index contributed by atoms with van der Waals surface area (Å²) in [5.74, 6) is -0.784. The highest BCUT2D eigenvalue weighted by atomic mass is 16.6. The Balaban J connectivity index is 1.46. The Morgan fingerprint density at radius 3 is 2.37 bits per heavy atom. The number of hydrogen-bond acceptors (Lipinski definition) is 5. The summed E-state index contributed by atoms with van der Waals surface area (Å²) in [7, 11) is 0. The topological polar surface area (TPSA) is 96.0 Å². The smallest absolute Gasteiger partial charge is 0.407 e. The van der Waals surface area contributed by atoms with E-state index in [9.17, 15) is 19.2 Å². The SMILES string of the molecule is Cc1ccc2c(c1)C(=O)N(CCC(=O)N1CCC(NC(=O)OC(C)(C)C)CC1)C2=O. The standard InChI is InChI=1S/C22H29N3O5/c1-14-5-6-16-17(13-14)20(28)25(19(16)27)12-9-18(26)24-10-7-15(8-11-24)23-21(29)30-22(2,3)4/h5-6,13,15H,7-12H2,1-4H3,(H,23,29). The van der Waals surface area contributed by atoms with Crippen molar-refractivity contribution >= 4 is 23.8 Å². The summed E-state index contributed by atoms with van der Waals surface area (Å²) in [6.45, 7) is 8.39. The van der Waals surface area contributed by atoms with E-state index in [4.69, 9.17) is 4.74 Å². The van der Waals surface area contributed by atoms with Gasteiger partial charge in [-0.15, -0.1) is 0 Å². The zero-order valence-corrected chi connectivity index (χ0v) is 18.0. The fourth-order valence-corrected chi connectivity index (χ4v) is 3.72. The number of hydrogen-bond donors (Lipinski definition) is 1. The number of ether oxygens (including phenoxy) is 1. The maximum Gasteiger partial charge on any atom is 0.407 e. The van der Waals surface area contributed by atoms with Crippen molar-refractivity contribution in [3.63, 3.8) is 0 Å². The van der Waals surface area contributed by atoms with Gasteiger partial charge in [0.1, 0.15) is 5.60 Å². The molecule has 0 spiro atoms. The third-order valence-corrected chi connectivity index (χ3v) is 5.24. The summed E-state index contributed by atoms with van der Waals surface area (Å²) in [6.07, 6.45) is 0.913. The number of likely N-dealkylation sites (tertiary alicyclic amines) is 1. The van der Waals surface area contributed by atoms with Crippen LogP contribution in [0.4, 0.5) is 4.79 Å². The molecule has 1 N–H and O–H groups in total. The zero-order valence-electron chi connectivity index (χ0n) is 18.0. The second-order valence-electron chi connectivity index (χ2n) is 8.86. The van der Waals surface area contributed by atoms with Crippen LogP contribution >= 0.6 is 0 Å². The fourth-order valence-electron chi connectivity index (χ4n) is 3.72. The van der Waals surface area contributed by atoms with Gasteiger partial charge in [-0.2, -0.15) is 0 Å². The number of piperidine rings is 1. The van der Waals surface area contributed by atoms with Gasteiger partial charge in [0, 0.05) is 32.1 Å². The molecule has 162 valence electrons. The summed E-state index contributed by atoms with van der Waals surface area (Å²) >= 11 is 0. The van der Waals surface area contributed by atoms with Gasteiger partial charge in [-0.1, -0.05) is 11.6 Å². The first kappa shape index (κ1) is 21.8. The first-order valence-corrected chi connectivity index (χ1v) is 10.3. The van der Waals surface area contributed by atoms with E-state index < -0.39 is 11.7 Å². The van der Waals surface area contributed by atoms with Crippen LogP contribution in [0, 0.1) is 6.92 Å². The van der Waals surface area contributed by atoms with Gasteiger partial charge in [-0.3, -0.25) is 19.3 Å². The van der Waals surface area contributed by atoms with Crippen LogP contribution in [0.2, 0.25) is 0 Å². The number of benzene rings is 1. The largest absolute Gasteiger partial charge is 0.444 e. The van der Waals surface area contributed by atoms with Crippen molar-refractivity contribution in [2.45, 2.75) is 58.6 Å². The Morgan fingerprint density at radius 2 is 1.73 bits per heavy atom. The molecule has 2 heterocycles. The lowest BCUT2D eigenvalue weighted by atomic mass is 10.0. The van der Waals surface area contributed by atoms with E-state index in [1.807, 2.05) is 27.7 Å². The van der Waals surface area contributed by atoms with E-state index in [-0.39, 0.29) is 36.7 Å². The molecule has 1 aromatic carbocycles. The van der Waals surface area contributed by atoms with E-state index in [1.165, 1.54) is 0 Å². The van der Waals surface area contributed by atoms with Gasteiger partial charge in [-0.25, -0.2) is 4.79 Å². The second-order valence-corrected chi connectivity index (χ2v) is 8.86. The minimum atomic E-state index is -0.552. The lowest BCUT2D eigenvalue weighted by Gasteiger charge is -2.33. The zero-order chi connectivity index (χ0) is 22.1. The number of fused-ring (bicyclic) bond motifs is 1. The second kappa shape index (κ2) is 8.45. The molecule has 0 saturated carbocycles. The molecule has 2 aliphatic rings. The summed E-state index contributed by atoms with van der Waals surface area (Å²) in [5, 5.41) is 2.84. The van der Waals surface area contributed by atoms with Gasteiger partial charge in [-0.05, 0) is 52.7 Å². The summed E-state index contributed by atoms with van der Waals surface area (Å²) < 4.78 is 5.26. The number of nitrogens with one attached hydrogen (secondary N) is 1. The molecule has 0 bridgehead atoms. The lowest BCUT2D eigenvalue weighted by Crippen LogP contribution is -2.48. The maximum absolute atomic E-state index is 12.6. The molecule has 0 unspecified atom stereocenters. The van der Waals surface area contributed by atoms with Crippen LogP contribution in [0.25, 0.3) is 0 Å². The van der Waals surface area contributed by atoms with Gasteiger partial charge < -0.3 is 15.0 Å². The average molecular weight is 415 g/mol. The van der Waals surface area contributed by atoms with E-state index in [2.05, 4.69) is 5.32 Å². The Kier molecular flexibility index (Phi) is 6.14. The summed E-state index contributed by atoms with van der Waals surface area (Å²) in [6, 6.07) is 5.13. The van der Waals surface area contributed by atoms with Crippen LogP contribution in [0.15, 0.2) is 18.2 Å². The molecule has 1 fully saturated rings. The Morgan fingerprint density at radius 1 is 1.10 bits per heavy atom. The van der Waals surface area contributed by atoms with Gasteiger partial charge in [0.15, 0.2) is 0 Å². The minimum Gasteiger partial charge on any atom is -0.444 e. The van der Waals surface area contributed by atoms with Crippen molar-refractivity contribution in [3.8, 4) is 0 Å². The van der Waals surface area contributed by atoms with E-state index in [1.54, 1.807) is 23.1 Å². The molecular formula is C22H29N3O5. The third-order valence-electron chi connectivity index (χ3n) is 5.24. The highest BCUT2D eigenvalue weighted by Gasteiger charge is 2.36. The van der Waals surface area contributed by atoms with Gasteiger partial charge in [0.25, 0.3) is 11.8 Å². The Hall–Kier alpha value is -2.90. The van der Waals surface area contributed by atoms with E-state index in [0.717, 1.165) is 10.5 Å². The van der Waals surface area contributed by atoms with Crippen molar-refractivity contribution in [2.24, 2.45) is 0 Å². The predicted octanol–water partition coefficient (Wildman–Crippen LogP) is 2.50. The molecule has 1 aromatic rings. The lowest BCUT2D eigenvalue weighted by molar-refractivity contribution is -0.132. The maximum atomic E-state index is 12.6. The monoisotopic (exact) mass is 415 g/mol. The molecule has 0 atom stereocenters. The Labute approximate surface area is 176 Å². The number of carbonyl (C=O) groups is 4. The van der Waals surface area contributed by atoms with E-state index in [0.29, 0.717) is 37.1 Å². The number of alkyl carbamates (subject to hydrolysis) is 1. The van der Waals surface area contributed by atoms with E-state index >= 15 is 0 Å². The van der Waals surface area contributed by atoms with Crippen LogP contribution in [0.5, 0.6) is 0 Å². The molecule has 3 rings (SSSR count). The number of amides is 4. The molecule has 0 aromatic heterocycles. The normalized spacial score (nSPS) is 17.2. The molecule has 4 amide bonds. The number of carbonyl (C=O) groups excluding carboxylic acids is 4. The molecule has 30 heavy (non-hydrogen) atoms. The number of imide groups is 1. The van der Waals surface area contributed by atoms with Crippen molar-refractivity contribution in [3.05, 3.63) is 34.9 Å². The van der Waals surface area contributed by atoms with Crippen molar-refractivity contribution in [1.29, 1.82) is 0 Å². The summed E-state index contributed by atoms with van der Waals surface area (Å²) in [5.41, 5.74) is 1.16. The van der Waals surface area contributed by atoms with Crippen LogP contribution in [-0.2, 0) is 9.53 Å². The molecule has 0 aliphatic carbocycles. The first-order valence-electron chi connectivity index (χ1n) is 10.3. The van der Waals surface area contributed by atoms with Gasteiger partial charge >= 0.3 is 6.09 Å². The highest BCUT2D eigenvalue weighted by Crippen LogP contribution is 2.24. The summed E-state index contributed by atoms with van der Waals surface area (Å²) in [4.78, 5) is 52.3. The highest BCUT2D eigenvalue weighted by molar-refractivity contribution is 6.21. The molecule has 8 heteroatoms. The molecular weight excluding hydrogens is 386 g/mol. The van der Waals surface area contributed by atoms with Gasteiger partial charge in [0.05, 0.1) is 11.1 Å². The first-order chi connectivity index (χ1) is 14.0. The van der Waals surface area contributed by atoms with Crippen LogP contribution in [0.1, 0.15) is 66.3 Å². The van der Waals surface area contributed by atoms with Crippen molar-refractivity contribution < 1.29 is 23.9 Å². The Bertz CT molecular complexity index is 866. The minimum absolute atomic E-state index is 0.0385. The van der Waals surface area contributed by atoms with Crippen LogP contribution in [-0.4, -0.2) is 64.9 Å². The van der Waals surface area contributed by atoms with Gasteiger partial charge in [0.2, 0.25) is 5.91 Å². The predicted molar refractivity (Wildman–Crippen MR) is 110 cm³/mol. The van der Waals surface area contributed by atoms with Crippen LogP contribution < -0.4 is 5.32 Å². The number of aryl methyl sites for hydroxylation is 1. The van der Waals surface area contributed by atoms with Crippen molar-refractivity contribution in [1.82, 2.24) is 15.1 Å². The fraction of sp³-hybridized carbons (Fsp3) is 0.545. The quantitative estimate of drug-likeness (QED) is 0.763. The van der Waals surface area contributed by atoms with Crippen LogP contribution in [0.3, 0.4) is 0 Å². The molecule has 0 radical (unpaired) electrons. The van der Waals surface area contributed by atoms with Crippen molar-refractivity contribution in [2.75, 3.05) is 19.6 Å². The third kappa shape index (κ3) is 4.98. The molecule has 1 saturated heterocycles. The molecule has 2 aliphatic heterocycles. The number of rotatable bonds is 4. The average Bonchev–Trinajstić information content (AvgIpc) is 2.88. The number of nitrogens with zero attached hydrogens (tertiary/aromatic N) is 2.